The van der Waals surface area contributed by atoms with Gasteiger partial charge in [0, 0.05) is 11.0 Å². The van der Waals surface area contributed by atoms with Crippen molar-refractivity contribution in [2.75, 3.05) is 6.54 Å². The van der Waals surface area contributed by atoms with E-state index in [4.69, 9.17) is 0 Å². The van der Waals surface area contributed by atoms with Crippen LogP contribution < -0.4 is 4.72 Å². The maximum Gasteiger partial charge on any atom is 0.240 e. The molecular weight excluding hydrogens is 365 g/mol. The van der Waals surface area contributed by atoms with Crippen LogP contribution in [-0.4, -0.2) is 15.0 Å². The fourth-order valence-corrected chi connectivity index (χ4v) is 2.51. The molecule has 1 rings (SSSR count). The van der Waals surface area contributed by atoms with Gasteiger partial charge in [0.1, 0.15) is 5.82 Å². The van der Waals surface area contributed by atoms with Crippen LogP contribution in [-0.2, 0) is 10.0 Å². The summed E-state index contributed by atoms with van der Waals surface area (Å²) in [7, 11) is -3.70. The molecule has 0 saturated heterocycles. The molecule has 0 saturated carbocycles. The highest BCUT2D eigenvalue weighted by Crippen LogP contribution is 2.19. The molecule has 88 valence electrons. The molecule has 0 bridgehead atoms. The molecule has 0 atom stereocenters. The quantitative estimate of drug-likeness (QED) is 0.883. The first-order chi connectivity index (χ1) is 7.33. The van der Waals surface area contributed by atoms with Gasteiger partial charge in [-0.15, -0.1) is 0 Å². The van der Waals surface area contributed by atoms with Crippen LogP contribution in [0.1, 0.15) is 0 Å². The van der Waals surface area contributed by atoms with Gasteiger partial charge in [-0.1, -0.05) is 22.5 Å². The molecule has 1 aromatic rings. The molecule has 0 radical (unpaired) electrons. The summed E-state index contributed by atoms with van der Waals surface area (Å²) in [6, 6.07) is 3.60. The molecule has 0 aliphatic heterocycles. The summed E-state index contributed by atoms with van der Waals surface area (Å²) in [4.78, 5) is -0.123. The van der Waals surface area contributed by atoms with Gasteiger partial charge in [-0.3, -0.25) is 0 Å². The maximum absolute atomic E-state index is 13.1. The van der Waals surface area contributed by atoms with E-state index in [1.54, 1.807) is 0 Å². The first-order valence-electron chi connectivity index (χ1n) is 4.11. The van der Waals surface area contributed by atoms with Crippen molar-refractivity contribution < 1.29 is 12.8 Å². The lowest BCUT2D eigenvalue weighted by Gasteiger charge is -2.06. The highest BCUT2D eigenvalue weighted by atomic mass is 79.9. The topological polar surface area (TPSA) is 46.2 Å². The molecule has 16 heavy (non-hydrogen) atoms. The van der Waals surface area contributed by atoms with E-state index < -0.39 is 15.8 Å². The molecule has 0 amide bonds. The Hall–Kier alpha value is -0.240. The van der Waals surface area contributed by atoms with Gasteiger partial charge in [0.25, 0.3) is 0 Å². The van der Waals surface area contributed by atoms with Crippen molar-refractivity contribution in [1.29, 1.82) is 0 Å². The lowest BCUT2D eigenvalue weighted by atomic mass is 10.3. The van der Waals surface area contributed by atoms with E-state index in [0.29, 0.717) is 4.48 Å². The fraction of sp³-hybridized carbons (Fsp3) is 0.111. The number of rotatable bonds is 4. The zero-order valence-electron chi connectivity index (χ0n) is 8.00. The summed E-state index contributed by atoms with van der Waals surface area (Å²) >= 11 is 5.97. The second-order valence-electron chi connectivity index (χ2n) is 2.92. The third-order valence-electron chi connectivity index (χ3n) is 1.66. The van der Waals surface area contributed by atoms with Crippen molar-refractivity contribution in [3.8, 4) is 0 Å². The summed E-state index contributed by atoms with van der Waals surface area (Å²) < 4.78 is 39.4. The Bertz CT molecular complexity index is 516. The van der Waals surface area contributed by atoms with Crippen LogP contribution >= 0.6 is 31.9 Å². The van der Waals surface area contributed by atoms with E-state index in [0.717, 1.165) is 6.07 Å². The van der Waals surface area contributed by atoms with Crippen molar-refractivity contribution in [3.05, 3.63) is 39.6 Å². The van der Waals surface area contributed by atoms with Gasteiger partial charge in [0.2, 0.25) is 10.0 Å². The third kappa shape index (κ3) is 3.65. The Morgan fingerprint density at radius 2 is 2.12 bits per heavy atom. The molecule has 1 N–H and O–H groups in total. The monoisotopic (exact) mass is 371 g/mol. The largest absolute Gasteiger partial charge is 0.240 e. The molecule has 0 fully saturated rings. The highest BCUT2D eigenvalue weighted by Gasteiger charge is 2.15. The molecule has 0 aliphatic rings. The smallest absolute Gasteiger partial charge is 0.207 e. The van der Waals surface area contributed by atoms with Gasteiger partial charge in [0.05, 0.1) is 9.37 Å². The molecular formula is C9H8Br2FNO2S. The lowest BCUT2D eigenvalue weighted by Crippen LogP contribution is -2.24. The van der Waals surface area contributed by atoms with Crippen molar-refractivity contribution in [2.24, 2.45) is 0 Å². The lowest BCUT2D eigenvalue weighted by molar-refractivity contribution is 0.580. The Morgan fingerprint density at radius 1 is 1.50 bits per heavy atom. The Labute approximate surface area is 110 Å². The van der Waals surface area contributed by atoms with Crippen LogP contribution in [0.15, 0.2) is 38.6 Å². The number of sulfonamides is 1. The van der Waals surface area contributed by atoms with E-state index in [1.807, 2.05) is 0 Å². The predicted molar refractivity (Wildman–Crippen MR) is 67.4 cm³/mol. The maximum atomic E-state index is 13.1. The van der Waals surface area contributed by atoms with E-state index in [9.17, 15) is 12.8 Å². The Morgan fingerprint density at radius 3 is 2.62 bits per heavy atom. The van der Waals surface area contributed by atoms with Crippen molar-refractivity contribution >= 4 is 41.9 Å². The standard InChI is InChI=1S/C9H8Br2FNO2S/c1-6(10)5-13-16(14,15)7-2-3-8(11)9(12)4-7/h2-4,13H,1,5H2. The minimum Gasteiger partial charge on any atom is -0.207 e. The van der Waals surface area contributed by atoms with E-state index in [1.165, 1.54) is 12.1 Å². The van der Waals surface area contributed by atoms with Crippen molar-refractivity contribution in [1.82, 2.24) is 4.72 Å². The van der Waals surface area contributed by atoms with Crippen molar-refractivity contribution in [2.45, 2.75) is 4.90 Å². The van der Waals surface area contributed by atoms with E-state index in [-0.39, 0.29) is 15.9 Å². The second kappa shape index (κ2) is 5.39. The third-order valence-corrected chi connectivity index (χ3v) is 3.98. The van der Waals surface area contributed by atoms with Gasteiger partial charge in [-0.05, 0) is 34.1 Å². The minimum atomic E-state index is -3.70. The molecule has 0 spiro atoms. The van der Waals surface area contributed by atoms with Crippen LogP contribution in [0.25, 0.3) is 0 Å². The number of hydrogen-bond acceptors (Lipinski definition) is 2. The van der Waals surface area contributed by atoms with Crippen LogP contribution in [0.2, 0.25) is 0 Å². The van der Waals surface area contributed by atoms with Gasteiger partial charge < -0.3 is 0 Å². The Kier molecular flexibility index (Phi) is 4.66. The summed E-state index contributed by atoms with van der Waals surface area (Å²) in [6.07, 6.45) is 0. The van der Waals surface area contributed by atoms with Crippen LogP contribution in [0.3, 0.4) is 0 Å². The molecule has 0 aliphatic carbocycles. The fourth-order valence-electron chi connectivity index (χ4n) is 0.901. The summed E-state index contributed by atoms with van der Waals surface area (Å²) in [5, 5.41) is 0. The normalized spacial score (nSPS) is 11.4. The van der Waals surface area contributed by atoms with Crippen LogP contribution in [0.5, 0.6) is 0 Å². The summed E-state index contributed by atoms with van der Waals surface area (Å²) in [6.45, 7) is 3.55. The molecule has 0 heterocycles. The average molecular weight is 373 g/mol. The highest BCUT2D eigenvalue weighted by molar-refractivity contribution is 9.11. The predicted octanol–water partition coefficient (Wildman–Crippen LogP) is 2.78. The molecule has 0 aromatic heterocycles. The summed E-state index contributed by atoms with van der Waals surface area (Å²) in [5.41, 5.74) is 0. The first kappa shape index (κ1) is 13.8. The first-order valence-corrected chi connectivity index (χ1v) is 7.18. The Balaban J connectivity index is 2.99. The number of nitrogens with one attached hydrogen (secondary N) is 1. The molecule has 1 aromatic carbocycles. The van der Waals surface area contributed by atoms with Crippen LogP contribution in [0.4, 0.5) is 4.39 Å². The van der Waals surface area contributed by atoms with E-state index >= 15 is 0 Å². The van der Waals surface area contributed by atoms with Gasteiger partial charge in [0.15, 0.2) is 0 Å². The number of hydrogen-bond donors (Lipinski definition) is 1. The molecule has 7 heteroatoms. The van der Waals surface area contributed by atoms with Gasteiger partial charge in [-0.25, -0.2) is 17.5 Å². The van der Waals surface area contributed by atoms with Crippen molar-refractivity contribution in [3.63, 3.8) is 0 Å². The molecule has 0 unspecified atom stereocenters. The van der Waals surface area contributed by atoms with Crippen LogP contribution in [0, 0.1) is 5.82 Å². The second-order valence-corrected chi connectivity index (χ2v) is 6.66. The summed E-state index contributed by atoms with van der Waals surface area (Å²) in [5.74, 6) is -0.624. The SMILES string of the molecule is C=C(Br)CNS(=O)(=O)c1ccc(Br)c(F)c1. The number of benzene rings is 1. The number of halogens is 3. The molecule has 3 nitrogen and oxygen atoms in total. The zero-order valence-corrected chi connectivity index (χ0v) is 12.0. The van der Waals surface area contributed by atoms with E-state index in [2.05, 4.69) is 43.2 Å². The minimum absolute atomic E-state index is 0.0556. The van der Waals surface area contributed by atoms with Gasteiger partial charge >= 0.3 is 0 Å². The average Bonchev–Trinajstić information content (AvgIpc) is 2.19. The zero-order chi connectivity index (χ0) is 12.3. The van der Waals surface area contributed by atoms with Gasteiger partial charge in [-0.2, -0.15) is 0 Å².